The van der Waals surface area contributed by atoms with E-state index < -0.39 is 65.9 Å². The first kappa shape index (κ1) is 24.6. The zero-order valence-corrected chi connectivity index (χ0v) is 17.8. The van der Waals surface area contributed by atoms with Gasteiger partial charge in [-0.3, -0.25) is 19.2 Å². The maximum Gasteiger partial charge on any atom is 0.415 e. The summed E-state index contributed by atoms with van der Waals surface area (Å²) in [6, 6.07) is -1.90. The van der Waals surface area contributed by atoms with Crippen LogP contribution in [0.1, 0.15) is 25.3 Å². The molecule has 1 aromatic heterocycles. The van der Waals surface area contributed by atoms with Crippen molar-refractivity contribution in [3.63, 3.8) is 0 Å². The quantitative estimate of drug-likeness (QED) is 0.482. The molecule has 0 bridgehead atoms. The molecule has 2 fully saturated rings. The minimum absolute atomic E-state index is 0.121. The number of alkyl halides is 7. The Balaban J connectivity index is 1.86. The first-order valence-electron chi connectivity index (χ1n) is 10.4. The third kappa shape index (κ3) is 3.42. The Morgan fingerprint density at radius 2 is 1.65 bits per heavy atom. The molecular formula is C19H22F7N5O3. The Labute approximate surface area is 186 Å². The van der Waals surface area contributed by atoms with Crippen LogP contribution in [-0.4, -0.2) is 64.8 Å². The van der Waals surface area contributed by atoms with E-state index in [4.69, 9.17) is 16.2 Å². The molecule has 190 valence electrons. The lowest BCUT2D eigenvalue weighted by atomic mass is 9.82. The zero-order valence-electron chi connectivity index (χ0n) is 17.8. The summed E-state index contributed by atoms with van der Waals surface area (Å²) < 4.78 is 103. The summed E-state index contributed by atoms with van der Waals surface area (Å²) in [5, 5.41) is -0.467. The van der Waals surface area contributed by atoms with Crippen molar-refractivity contribution >= 4 is 11.5 Å². The number of aromatic nitrogens is 2. The number of nitrogens with two attached hydrogens (primary N) is 2. The molecule has 2 heterocycles. The van der Waals surface area contributed by atoms with Crippen LogP contribution < -0.4 is 33.3 Å². The smallest absolute Gasteiger partial charge is 0.415 e. The number of aromatic amines is 1. The summed E-state index contributed by atoms with van der Waals surface area (Å²) in [5.74, 6) is -2.40. The average Bonchev–Trinajstić information content (AvgIpc) is 3.43. The minimum atomic E-state index is -5.81. The lowest BCUT2D eigenvalue weighted by Gasteiger charge is -2.39. The molecule has 2 aliphatic carbocycles. The van der Waals surface area contributed by atoms with Gasteiger partial charge in [0.25, 0.3) is 5.56 Å². The van der Waals surface area contributed by atoms with Gasteiger partial charge in [-0.25, -0.2) is 9.18 Å². The van der Waals surface area contributed by atoms with E-state index in [-0.39, 0.29) is 28.9 Å². The lowest BCUT2D eigenvalue weighted by molar-refractivity contribution is -0.310. The Hall–Kier alpha value is -2.55. The molecule has 3 atom stereocenters. The van der Waals surface area contributed by atoms with Crippen molar-refractivity contribution in [2.45, 2.75) is 55.4 Å². The maximum atomic E-state index is 15.5. The highest BCUT2D eigenvalue weighted by Gasteiger charge is 2.72. The van der Waals surface area contributed by atoms with Gasteiger partial charge in [0.1, 0.15) is 11.8 Å². The highest BCUT2D eigenvalue weighted by atomic mass is 19.4. The van der Waals surface area contributed by atoms with Crippen molar-refractivity contribution in [3.05, 3.63) is 31.4 Å². The van der Waals surface area contributed by atoms with E-state index in [1.165, 1.54) is 4.57 Å². The van der Waals surface area contributed by atoms with E-state index >= 15 is 4.39 Å². The van der Waals surface area contributed by atoms with Crippen LogP contribution >= 0.6 is 0 Å². The van der Waals surface area contributed by atoms with Gasteiger partial charge in [0.15, 0.2) is 6.17 Å². The second kappa shape index (κ2) is 7.73. The van der Waals surface area contributed by atoms with Gasteiger partial charge >= 0.3 is 18.0 Å². The summed E-state index contributed by atoms with van der Waals surface area (Å²) in [5.41, 5.74) is 3.95. The highest BCUT2D eigenvalue weighted by Crippen LogP contribution is 2.49. The molecule has 34 heavy (non-hydrogen) atoms. The van der Waals surface area contributed by atoms with Crippen LogP contribution in [0.4, 0.5) is 30.7 Å². The van der Waals surface area contributed by atoms with Crippen molar-refractivity contribution < 1.29 is 35.5 Å². The zero-order chi connectivity index (χ0) is 25.4. The number of likely N-dealkylation sites (tertiary alicyclic amines) is 1. The number of fused-ring (bicyclic) bond motifs is 1. The molecule has 0 amide bonds. The Morgan fingerprint density at radius 3 is 2.15 bits per heavy atom. The maximum absolute atomic E-state index is 15.5. The predicted molar refractivity (Wildman–Crippen MR) is 104 cm³/mol. The highest BCUT2D eigenvalue weighted by molar-refractivity contribution is 5.60. The lowest BCUT2D eigenvalue weighted by Crippen LogP contribution is -2.68. The third-order valence-electron chi connectivity index (χ3n) is 6.84. The van der Waals surface area contributed by atoms with Gasteiger partial charge in [0, 0.05) is 18.5 Å². The molecule has 0 radical (unpaired) electrons. The van der Waals surface area contributed by atoms with Gasteiger partial charge in [-0.2, -0.15) is 26.3 Å². The Morgan fingerprint density at radius 1 is 1.06 bits per heavy atom. The molecular weight excluding hydrogens is 479 g/mol. The van der Waals surface area contributed by atoms with Crippen molar-refractivity contribution in [2.75, 3.05) is 20.2 Å². The Kier molecular flexibility index (Phi) is 5.59. The molecule has 15 heteroatoms. The molecule has 1 aliphatic heterocycles. The molecule has 4 rings (SSSR count). The molecule has 8 nitrogen and oxygen atoms in total. The Bertz CT molecular complexity index is 1220. The van der Waals surface area contributed by atoms with Gasteiger partial charge in [-0.15, -0.1) is 0 Å². The summed E-state index contributed by atoms with van der Waals surface area (Å²) in [6.45, 7) is -1.25. The average molecular weight is 501 g/mol. The number of methoxy groups -OCH3 is 1. The summed E-state index contributed by atoms with van der Waals surface area (Å²) in [4.78, 5) is 28.0. The number of hydrogen-bond donors (Lipinski definition) is 3. The van der Waals surface area contributed by atoms with E-state index in [0.717, 1.165) is 12.0 Å². The summed E-state index contributed by atoms with van der Waals surface area (Å²) in [6.07, 6.45) is -13.3. The van der Waals surface area contributed by atoms with Gasteiger partial charge in [0.2, 0.25) is 5.54 Å². The van der Waals surface area contributed by atoms with E-state index in [1.54, 1.807) is 0 Å². The third-order valence-corrected chi connectivity index (χ3v) is 6.84. The summed E-state index contributed by atoms with van der Waals surface area (Å²) >= 11 is 0. The van der Waals surface area contributed by atoms with Crippen LogP contribution in [0.5, 0.6) is 0 Å². The van der Waals surface area contributed by atoms with Crippen molar-refractivity contribution in [1.82, 2.24) is 14.5 Å². The van der Waals surface area contributed by atoms with Crippen molar-refractivity contribution in [1.29, 1.82) is 0 Å². The van der Waals surface area contributed by atoms with Gasteiger partial charge < -0.3 is 16.2 Å². The largest absolute Gasteiger partial charge is 0.497 e. The van der Waals surface area contributed by atoms with Crippen LogP contribution in [0.15, 0.2) is 9.59 Å². The van der Waals surface area contributed by atoms with Crippen LogP contribution in [-0.2, 0) is 4.74 Å². The van der Waals surface area contributed by atoms with Crippen LogP contribution in [0.2, 0.25) is 0 Å². The molecule has 1 saturated carbocycles. The second-order valence-electron chi connectivity index (χ2n) is 8.80. The van der Waals surface area contributed by atoms with E-state index in [2.05, 4.69) is 4.98 Å². The number of halogens is 7. The molecule has 5 N–H and O–H groups in total. The minimum Gasteiger partial charge on any atom is -0.497 e. The number of H-pyrrole nitrogens is 1. The first-order chi connectivity index (χ1) is 15.6. The van der Waals surface area contributed by atoms with Crippen molar-refractivity contribution in [3.8, 4) is 0 Å². The molecule has 0 spiro atoms. The fraction of sp³-hybridized carbons (Fsp3) is 0.684. The van der Waals surface area contributed by atoms with Gasteiger partial charge in [-0.05, 0) is 25.8 Å². The normalized spacial score (nSPS) is 26.7. The SMILES string of the molecule is COC1=c2c(c(=O)[nH]c(=O)n2C2CC2)=C(N)C(F)C1N1CCC(C(N)(C(F)(F)F)C(F)(F)F)C1. The van der Waals surface area contributed by atoms with Gasteiger partial charge in [0.05, 0.1) is 23.4 Å². The van der Waals surface area contributed by atoms with E-state index in [1.807, 2.05) is 0 Å². The number of hydrogen-bond acceptors (Lipinski definition) is 6. The first-order valence-corrected chi connectivity index (χ1v) is 10.4. The molecule has 3 unspecified atom stereocenters. The molecule has 1 saturated heterocycles. The van der Waals surface area contributed by atoms with E-state index in [0.29, 0.717) is 12.8 Å². The standard InChI is InChI=1S/C19H22F7N5O3/c1-34-14-12-9(15(32)29-16(33)31(12)8-2-3-8)11(27)10(20)13(14)30-5-4-7(6-30)17(28,18(21,22)23)19(24,25)26/h7-8,10,13H,2-6,27-28H2,1H3,(H,29,32,33). The number of nitrogens with one attached hydrogen (secondary N) is 1. The monoisotopic (exact) mass is 501 g/mol. The summed E-state index contributed by atoms with van der Waals surface area (Å²) in [7, 11) is 1.11. The number of rotatable bonds is 4. The van der Waals surface area contributed by atoms with Crippen LogP contribution in [0, 0.1) is 5.92 Å². The molecule has 1 aromatic rings. The fourth-order valence-corrected chi connectivity index (χ4v) is 4.92. The molecule has 0 aromatic carbocycles. The molecule has 3 aliphatic rings. The van der Waals surface area contributed by atoms with Crippen LogP contribution in [0.25, 0.3) is 11.5 Å². The van der Waals surface area contributed by atoms with Gasteiger partial charge in [-0.1, -0.05) is 0 Å². The fourth-order valence-electron chi connectivity index (χ4n) is 4.92. The van der Waals surface area contributed by atoms with Crippen molar-refractivity contribution in [2.24, 2.45) is 17.4 Å². The topological polar surface area (TPSA) is 119 Å². The number of nitrogens with zero attached hydrogens (tertiary/aromatic N) is 2. The second-order valence-corrected chi connectivity index (χ2v) is 8.80. The van der Waals surface area contributed by atoms with E-state index in [9.17, 15) is 35.9 Å². The van der Waals surface area contributed by atoms with Crippen LogP contribution in [0.3, 0.4) is 0 Å². The number of ether oxygens (including phenoxy) is 1. The predicted octanol–water partition coefficient (Wildman–Crippen LogP) is -0.443.